The van der Waals surface area contributed by atoms with Gasteiger partial charge in [-0.2, -0.15) is 0 Å². The lowest BCUT2D eigenvalue weighted by atomic mass is 10.3. The van der Waals surface area contributed by atoms with E-state index in [0.717, 1.165) is 6.54 Å². The van der Waals surface area contributed by atoms with Crippen LogP contribution in [0.15, 0.2) is 24.4 Å². The molecular formula is C11H15N5O2. The van der Waals surface area contributed by atoms with E-state index in [9.17, 15) is 10.1 Å². The summed E-state index contributed by atoms with van der Waals surface area (Å²) in [5.74, 6) is 0.313. The average molecular weight is 249 g/mol. The molecule has 0 aliphatic carbocycles. The molecule has 0 saturated carbocycles. The van der Waals surface area contributed by atoms with Gasteiger partial charge in [-0.25, -0.2) is 4.52 Å². The number of pyridine rings is 1. The molecule has 0 amide bonds. The summed E-state index contributed by atoms with van der Waals surface area (Å²) in [6, 6.07) is 5.23. The second kappa shape index (κ2) is 5.01. The summed E-state index contributed by atoms with van der Waals surface area (Å²) < 4.78 is 1.51. The average Bonchev–Trinajstić information content (AvgIpc) is 2.66. The lowest BCUT2D eigenvalue weighted by Crippen LogP contribution is -2.21. The summed E-state index contributed by atoms with van der Waals surface area (Å²) in [5, 5.41) is 18.3. The summed E-state index contributed by atoms with van der Waals surface area (Å²) >= 11 is 0. The van der Waals surface area contributed by atoms with Crippen molar-refractivity contribution in [2.45, 2.75) is 0 Å². The van der Waals surface area contributed by atoms with Crippen LogP contribution in [0.4, 0.5) is 11.5 Å². The topological polar surface area (TPSA) is 75.7 Å². The van der Waals surface area contributed by atoms with Crippen molar-refractivity contribution >= 4 is 17.0 Å². The van der Waals surface area contributed by atoms with Crippen LogP contribution in [0.5, 0.6) is 0 Å². The van der Waals surface area contributed by atoms with E-state index >= 15 is 0 Å². The number of anilines is 1. The van der Waals surface area contributed by atoms with Gasteiger partial charge in [-0.05, 0) is 26.2 Å². The molecule has 0 aliphatic rings. The van der Waals surface area contributed by atoms with E-state index in [4.69, 9.17) is 0 Å². The van der Waals surface area contributed by atoms with E-state index in [2.05, 4.69) is 10.4 Å². The Morgan fingerprint density at radius 2 is 2.28 bits per heavy atom. The second-order valence-corrected chi connectivity index (χ2v) is 4.21. The summed E-state index contributed by atoms with van der Waals surface area (Å²) in [7, 11) is 3.89. The van der Waals surface area contributed by atoms with Crippen molar-refractivity contribution in [2.75, 3.05) is 32.5 Å². The van der Waals surface area contributed by atoms with E-state index in [1.165, 1.54) is 4.52 Å². The molecule has 0 aliphatic heterocycles. The first-order valence-corrected chi connectivity index (χ1v) is 5.60. The first-order valence-electron chi connectivity index (χ1n) is 5.60. The highest BCUT2D eigenvalue weighted by Crippen LogP contribution is 2.28. The third-order valence-electron chi connectivity index (χ3n) is 2.55. The van der Waals surface area contributed by atoms with Crippen LogP contribution < -0.4 is 5.32 Å². The number of nitrogens with one attached hydrogen (secondary N) is 1. The minimum absolute atomic E-state index is 0.0226. The number of nitro groups is 1. The monoisotopic (exact) mass is 249 g/mol. The SMILES string of the molecule is CN(C)CCNc1nn2ccccc2c1[N+](=O)[O-]. The van der Waals surface area contributed by atoms with Crippen molar-refractivity contribution in [2.24, 2.45) is 0 Å². The highest BCUT2D eigenvalue weighted by Gasteiger charge is 2.22. The molecule has 1 N–H and O–H groups in total. The molecule has 2 aromatic heterocycles. The minimum atomic E-state index is -0.402. The van der Waals surface area contributed by atoms with Crippen LogP contribution in [0.3, 0.4) is 0 Å². The smallest absolute Gasteiger partial charge is 0.338 e. The first-order chi connectivity index (χ1) is 8.59. The van der Waals surface area contributed by atoms with Gasteiger partial charge in [0.25, 0.3) is 0 Å². The third kappa shape index (κ3) is 2.40. The molecule has 0 spiro atoms. The van der Waals surface area contributed by atoms with E-state index in [-0.39, 0.29) is 5.69 Å². The lowest BCUT2D eigenvalue weighted by molar-refractivity contribution is -0.382. The number of likely N-dealkylation sites (N-methyl/N-ethyl adjacent to an activating group) is 1. The fourth-order valence-corrected chi connectivity index (χ4v) is 1.68. The van der Waals surface area contributed by atoms with Gasteiger partial charge in [-0.3, -0.25) is 10.1 Å². The molecule has 0 atom stereocenters. The van der Waals surface area contributed by atoms with Gasteiger partial charge >= 0.3 is 5.69 Å². The number of nitrogens with zero attached hydrogens (tertiary/aromatic N) is 4. The van der Waals surface area contributed by atoms with Gasteiger partial charge in [0.05, 0.1) is 4.92 Å². The normalized spacial score (nSPS) is 11.1. The largest absolute Gasteiger partial charge is 0.362 e. The van der Waals surface area contributed by atoms with Crippen LogP contribution in [0.25, 0.3) is 5.52 Å². The molecule has 0 radical (unpaired) electrons. The molecule has 2 aromatic rings. The maximum Gasteiger partial charge on any atom is 0.338 e. The molecule has 0 aromatic carbocycles. The number of fused-ring (bicyclic) bond motifs is 1. The van der Waals surface area contributed by atoms with Gasteiger partial charge in [0.1, 0.15) is 5.52 Å². The lowest BCUT2D eigenvalue weighted by Gasteiger charge is -2.09. The van der Waals surface area contributed by atoms with Gasteiger partial charge in [-0.1, -0.05) is 6.07 Å². The molecule has 0 fully saturated rings. The van der Waals surface area contributed by atoms with Crippen LogP contribution in [-0.2, 0) is 0 Å². The third-order valence-corrected chi connectivity index (χ3v) is 2.55. The number of aromatic nitrogens is 2. The van der Waals surface area contributed by atoms with E-state index in [0.29, 0.717) is 17.9 Å². The van der Waals surface area contributed by atoms with Gasteiger partial charge < -0.3 is 10.2 Å². The molecule has 7 nitrogen and oxygen atoms in total. The Balaban J connectivity index is 2.31. The van der Waals surface area contributed by atoms with Gasteiger partial charge in [0.15, 0.2) is 0 Å². The van der Waals surface area contributed by atoms with Crippen molar-refractivity contribution in [1.82, 2.24) is 14.5 Å². The quantitative estimate of drug-likeness (QED) is 0.637. The zero-order valence-corrected chi connectivity index (χ0v) is 10.3. The zero-order valence-electron chi connectivity index (χ0n) is 10.3. The van der Waals surface area contributed by atoms with Gasteiger partial charge in [0, 0.05) is 19.3 Å². The summed E-state index contributed by atoms with van der Waals surface area (Å²) in [6.45, 7) is 1.39. The number of hydrogen-bond acceptors (Lipinski definition) is 5. The Bertz CT molecular complexity index is 564. The Morgan fingerprint density at radius 1 is 1.50 bits per heavy atom. The van der Waals surface area contributed by atoms with E-state index < -0.39 is 4.92 Å². The fourth-order valence-electron chi connectivity index (χ4n) is 1.68. The van der Waals surface area contributed by atoms with Crippen molar-refractivity contribution in [3.05, 3.63) is 34.5 Å². The Morgan fingerprint density at radius 3 is 2.94 bits per heavy atom. The van der Waals surface area contributed by atoms with Crippen LogP contribution >= 0.6 is 0 Å². The predicted molar refractivity (Wildman–Crippen MR) is 68.9 cm³/mol. The second-order valence-electron chi connectivity index (χ2n) is 4.21. The van der Waals surface area contributed by atoms with E-state index in [1.807, 2.05) is 19.0 Å². The zero-order chi connectivity index (χ0) is 13.1. The molecule has 2 rings (SSSR count). The molecule has 2 heterocycles. The van der Waals surface area contributed by atoms with Gasteiger partial charge in [0.2, 0.25) is 5.82 Å². The maximum atomic E-state index is 11.1. The summed E-state index contributed by atoms with van der Waals surface area (Å²) in [6.07, 6.45) is 1.69. The number of rotatable bonds is 5. The Kier molecular flexibility index (Phi) is 3.42. The number of hydrogen-bond donors (Lipinski definition) is 1. The van der Waals surface area contributed by atoms with Crippen LogP contribution in [0.1, 0.15) is 0 Å². The van der Waals surface area contributed by atoms with Crippen LogP contribution in [0.2, 0.25) is 0 Å². The maximum absolute atomic E-state index is 11.1. The van der Waals surface area contributed by atoms with Gasteiger partial charge in [-0.15, -0.1) is 5.10 Å². The fraction of sp³-hybridized carbons (Fsp3) is 0.364. The van der Waals surface area contributed by atoms with Crippen molar-refractivity contribution in [3.8, 4) is 0 Å². The predicted octanol–water partition coefficient (Wildman–Crippen LogP) is 1.22. The van der Waals surface area contributed by atoms with Crippen molar-refractivity contribution < 1.29 is 4.92 Å². The Labute approximate surface area is 104 Å². The van der Waals surface area contributed by atoms with Crippen LogP contribution in [-0.4, -0.2) is 46.6 Å². The minimum Gasteiger partial charge on any atom is -0.362 e. The summed E-state index contributed by atoms with van der Waals surface area (Å²) in [5.41, 5.74) is 0.518. The Hall–Kier alpha value is -2.15. The molecular weight excluding hydrogens is 234 g/mol. The molecule has 0 unspecified atom stereocenters. The molecule has 0 bridgehead atoms. The molecule has 96 valence electrons. The first kappa shape index (κ1) is 12.3. The molecule has 0 saturated heterocycles. The van der Waals surface area contributed by atoms with Crippen LogP contribution in [0, 0.1) is 10.1 Å². The van der Waals surface area contributed by atoms with E-state index in [1.54, 1.807) is 24.4 Å². The highest BCUT2D eigenvalue weighted by atomic mass is 16.6. The van der Waals surface area contributed by atoms with Crippen molar-refractivity contribution in [3.63, 3.8) is 0 Å². The standard InChI is InChI=1S/C11H15N5O2/c1-14(2)8-6-12-11-10(16(17)18)9-5-3-4-7-15(9)13-11/h3-5,7H,6,8H2,1-2H3,(H,12,13). The van der Waals surface area contributed by atoms with Crippen molar-refractivity contribution in [1.29, 1.82) is 0 Å². The highest BCUT2D eigenvalue weighted by molar-refractivity contribution is 5.76. The molecule has 18 heavy (non-hydrogen) atoms. The molecule has 7 heteroatoms. The summed E-state index contributed by atoms with van der Waals surface area (Å²) in [4.78, 5) is 12.7.